The maximum Gasteiger partial charge on any atom is 0.409 e. The number of benzene rings is 2. The number of carbonyl (C=O) groups excluding carboxylic acids is 1. The van der Waals surface area contributed by atoms with E-state index in [0.717, 1.165) is 30.5 Å². The van der Waals surface area contributed by atoms with Gasteiger partial charge in [-0.05, 0) is 48.7 Å². The molecule has 0 radical (unpaired) electrons. The number of halogens is 1. The number of likely N-dealkylation sites (tertiary alicyclic amines) is 1. The summed E-state index contributed by atoms with van der Waals surface area (Å²) >= 11 is 3.48. The number of ether oxygens (including phenoxy) is 1. The third-order valence-corrected chi connectivity index (χ3v) is 5.98. The number of rotatable bonds is 3. The first-order valence-electron chi connectivity index (χ1n) is 9.20. The van der Waals surface area contributed by atoms with Crippen molar-refractivity contribution in [3.63, 3.8) is 0 Å². The molecule has 0 N–H and O–H groups in total. The Hall–Kier alpha value is -2.01. The zero-order valence-electron chi connectivity index (χ0n) is 14.9. The maximum absolute atomic E-state index is 12.0. The number of fused-ring (bicyclic) bond motifs is 1. The number of hydrogen-bond donors (Lipinski definition) is 0. The fourth-order valence-corrected chi connectivity index (χ4v) is 4.40. The van der Waals surface area contributed by atoms with Gasteiger partial charge in [-0.2, -0.15) is 0 Å². The van der Waals surface area contributed by atoms with Gasteiger partial charge in [-0.25, -0.2) is 4.79 Å². The van der Waals surface area contributed by atoms with E-state index >= 15 is 0 Å². The molecule has 2 heterocycles. The number of carbonyl (C=O) groups is 1. The smallest absolute Gasteiger partial charge is 0.409 e. The second-order valence-corrected chi connectivity index (χ2v) is 7.88. The van der Waals surface area contributed by atoms with E-state index in [-0.39, 0.29) is 6.09 Å². The van der Waals surface area contributed by atoms with Crippen LogP contribution in [0.5, 0.6) is 0 Å². The van der Waals surface area contributed by atoms with Gasteiger partial charge in [-0.1, -0.05) is 40.2 Å². The van der Waals surface area contributed by atoms with Crippen LogP contribution in [0.4, 0.5) is 10.5 Å². The van der Waals surface area contributed by atoms with Crippen LogP contribution in [0.25, 0.3) is 11.1 Å². The molecule has 4 nitrogen and oxygen atoms in total. The predicted molar refractivity (Wildman–Crippen MR) is 107 cm³/mol. The number of hydrogen-bond acceptors (Lipinski definition) is 3. The zero-order chi connectivity index (χ0) is 18.1. The summed E-state index contributed by atoms with van der Waals surface area (Å²) < 4.78 is 6.26. The summed E-state index contributed by atoms with van der Waals surface area (Å²) in [6.45, 7) is 4.93. The molecule has 2 aliphatic heterocycles. The molecule has 4 rings (SSSR count). The highest BCUT2D eigenvalue weighted by Crippen LogP contribution is 2.36. The molecular formula is C21H23BrN2O2. The number of nitrogens with zero attached hydrogens (tertiary/aromatic N) is 2. The molecular weight excluding hydrogens is 392 g/mol. The second kappa shape index (κ2) is 7.31. The van der Waals surface area contributed by atoms with Crippen molar-refractivity contribution in [2.75, 3.05) is 31.1 Å². The minimum atomic E-state index is -0.174. The highest BCUT2D eigenvalue weighted by Gasteiger charge is 2.43. The van der Waals surface area contributed by atoms with E-state index < -0.39 is 0 Å². The van der Waals surface area contributed by atoms with Gasteiger partial charge in [0, 0.05) is 35.7 Å². The molecule has 0 aliphatic carbocycles. The zero-order valence-corrected chi connectivity index (χ0v) is 16.5. The summed E-state index contributed by atoms with van der Waals surface area (Å²) in [6, 6.07) is 17.6. The first-order chi connectivity index (χ1) is 12.7. The Bertz CT molecular complexity index is 776. The molecule has 0 spiro atoms. The lowest BCUT2D eigenvalue weighted by molar-refractivity contribution is 0.113. The van der Waals surface area contributed by atoms with Gasteiger partial charge in [-0.3, -0.25) is 0 Å². The Labute approximate surface area is 162 Å². The molecule has 2 fully saturated rings. The van der Waals surface area contributed by atoms with Crippen molar-refractivity contribution >= 4 is 27.7 Å². The molecule has 1 amide bonds. The fraction of sp³-hybridized carbons (Fsp3) is 0.381. The van der Waals surface area contributed by atoms with Crippen LogP contribution in [0, 0.1) is 5.92 Å². The van der Waals surface area contributed by atoms with E-state index in [9.17, 15) is 4.79 Å². The lowest BCUT2D eigenvalue weighted by atomic mass is 10.0. The van der Waals surface area contributed by atoms with Crippen molar-refractivity contribution < 1.29 is 9.53 Å². The summed E-state index contributed by atoms with van der Waals surface area (Å²) in [4.78, 5) is 16.3. The van der Waals surface area contributed by atoms with Crippen molar-refractivity contribution in [1.82, 2.24) is 4.90 Å². The van der Waals surface area contributed by atoms with Crippen LogP contribution < -0.4 is 4.90 Å². The van der Waals surface area contributed by atoms with Crippen LogP contribution in [-0.2, 0) is 4.74 Å². The third-order valence-electron chi connectivity index (χ3n) is 5.45. The van der Waals surface area contributed by atoms with Crippen molar-refractivity contribution in [3.05, 3.63) is 53.0 Å². The average molecular weight is 415 g/mol. The number of anilines is 1. The Kier molecular flexibility index (Phi) is 4.90. The van der Waals surface area contributed by atoms with Crippen LogP contribution in [-0.4, -0.2) is 43.3 Å². The highest BCUT2D eigenvalue weighted by atomic mass is 79.9. The van der Waals surface area contributed by atoms with Gasteiger partial charge in [0.25, 0.3) is 0 Å². The van der Waals surface area contributed by atoms with Crippen LogP contribution in [0.15, 0.2) is 53.0 Å². The minimum absolute atomic E-state index is 0.174. The van der Waals surface area contributed by atoms with E-state index in [1.807, 2.05) is 11.8 Å². The van der Waals surface area contributed by atoms with Crippen molar-refractivity contribution in [2.24, 2.45) is 5.92 Å². The number of amides is 1. The molecule has 0 unspecified atom stereocenters. The SMILES string of the molecule is CCOC(=O)N1C[C@H]2CCN(c3ccc(-c4ccc(Br)cc4)cc3)[C@H]2C1. The Balaban J connectivity index is 1.48. The van der Waals surface area contributed by atoms with Gasteiger partial charge in [0.05, 0.1) is 12.6 Å². The summed E-state index contributed by atoms with van der Waals surface area (Å²) in [7, 11) is 0. The normalized spacial score (nSPS) is 21.8. The van der Waals surface area contributed by atoms with Gasteiger partial charge < -0.3 is 14.5 Å². The Morgan fingerprint density at radius 1 is 1.08 bits per heavy atom. The lowest BCUT2D eigenvalue weighted by Gasteiger charge is -2.27. The molecule has 0 aromatic heterocycles. The molecule has 2 atom stereocenters. The first-order valence-corrected chi connectivity index (χ1v) is 9.99. The first kappa shape index (κ1) is 17.4. The lowest BCUT2D eigenvalue weighted by Crippen LogP contribution is -2.37. The van der Waals surface area contributed by atoms with Gasteiger partial charge in [0.2, 0.25) is 0 Å². The molecule has 2 aliphatic rings. The van der Waals surface area contributed by atoms with Crippen LogP contribution in [0.1, 0.15) is 13.3 Å². The molecule has 0 saturated carbocycles. The average Bonchev–Trinajstić information content (AvgIpc) is 3.24. The fourth-order valence-electron chi connectivity index (χ4n) is 4.13. The molecule has 5 heteroatoms. The van der Waals surface area contributed by atoms with Gasteiger partial charge in [0.15, 0.2) is 0 Å². The molecule has 0 bridgehead atoms. The minimum Gasteiger partial charge on any atom is -0.450 e. The summed E-state index contributed by atoms with van der Waals surface area (Å²) in [6.07, 6.45) is 0.960. The summed E-state index contributed by atoms with van der Waals surface area (Å²) in [5, 5.41) is 0. The standard InChI is InChI=1S/C21H23BrN2O2/c1-2-26-21(25)23-13-17-11-12-24(20(17)14-23)19-9-5-16(6-10-19)15-3-7-18(22)8-4-15/h3-10,17,20H,2,11-14H2,1H3/t17-,20+/m1/s1. The Morgan fingerprint density at radius 2 is 1.73 bits per heavy atom. The van der Waals surface area contributed by atoms with Gasteiger partial charge in [-0.15, -0.1) is 0 Å². The third kappa shape index (κ3) is 3.32. The van der Waals surface area contributed by atoms with Gasteiger partial charge in [0.1, 0.15) is 0 Å². The summed E-state index contributed by atoms with van der Waals surface area (Å²) in [5.74, 6) is 0.547. The molecule has 26 heavy (non-hydrogen) atoms. The largest absolute Gasteiger partial charge is 0.450 e. The summed E-state index contributed by atoms with van der Waals surface area (Å²) in [5.41, 5.74) is 3.68. The molecule has 2 saturated heterocycles. The van der Waals surface area contributed by atoms with E-state index in [1.54, 1.807) is 0 Å². The highest BCUT2D eigenvalue weighted by molar-refractivity contribution is 9.10. The Morgan fingerprint density at radius 3 is 2.38 bits per heavy atom. The van der Waals surface area contributed by atoms with Crippen LogP contribution in [0.3, 0.4) is 0 Å². The van der Waals surface area contributed by atoms with E-state index in [1.165, 1.54) is 16.8 Å². The predicted octanol–water partition coefficient (Wildman–Crippen LogP) is 4.78. The van der Waals surface area contributed by atoms with Crippen molar-refractivity contribution in [1.29, 1.82) is 0 Å². The second-order valence-electron chi connectivity index (χ2n) is 6.97. The van der Waals surface area contributed by atoms with Gasteiger partial charge >= 0.3 is 6.09 Å². The topological polar surface area (TPSA) is 32.8 Å². The quantitative estimate of drug-likeness (QED) is 0.723. The van der Waals surface area contributed by atoms with Crippen LogP contribution >= 0.6 is 15.9 Å². The van der Waals surface area contributed by atoms with E-state index in [0.29, 0.717) is 18.6 Å². The monoisotopic (exact) mass is 414 g/mol. The molecule has 2 aromatic rings. The molecule has 136 valence electrons. The molecule has 2 aromatic carbocycles. The van der Waals surface area contributed by atoms with E-state index in [4.69, 9.17) is 4.74 Å². The van der Waals surface area contributed by atoms with E-state index in [2.05, 4.69) is 69.4 Å². The van der Waals surface area contributed by atoms with Crippen molar-refractivity contribution in [3.8, 4) is 11.1 Å². The maximum atomic E-state index is 12.0. The van der Waals surface area contributed by atoms with Crippen LogP contribution in [0.2, 0.25) is 0 Å². The van der Waals surface area contributed by atoms with Crippen molar-refractivity contribution in [2.45, 2.75) is 19.4 Å².